The molecule has 1 rings (SSSR count). The number of ether oxygens (including phenoxy) is 1. The first-order chi connectivity index (χ1) is 8.08. The highest BCUT2D eigenvalue weighted by molar-refractivity contribution is 9.10. The Morgan fingerprint density at radius 2 is 2.06 bits per heavy atom. The van der Waals surface area contributed by atoms with Crippen LogP contribution in [0, 0.1) is 5.92 Å². The second kappa shape index (κ2) is 7.02. The van der Waals surface area contributed by atoms with E-state index in [1.54, 1.807) is 0 Å². The molecule has 0 saturated heterocycles. The summed E-state index contributed by atoms with van der Waals surface area (Å²) in [6, 6.07) is 5.78. The van der Waals surface area contributed by atoms with Crippen LogP contribution >= 0.6 is 15.9 Å². The second-order valence-corrected chi connectivity index (χ2v) is 5.24. The number of aliphatic hydroxyl groups excluding tert-OH is 1. The van der Waals surface area contributed by atoms with Crippen LogP contribution in [-0.2, 0) is 0 Å². The molecule has 1 aromatic carbocycles. The molecule has 0 saturated carbocycles. The van der Waals surface area contributed by atoms with E-state index in [9.17, 15) is 5.11 Å². The third kappa shape index (κ3) is 4.32. The van der Waals surface area contributed by atoms with Gasteiger partial charge < -0.3 is 9.84 Å². The van der Waals surface area contributed by atoms with Gasteiger partial charge in [0.2, 0.25) is 0 Å². The zero-order valence-electron chi connectivity index (χ0n) is 10.7. The van der Waals surface area contributed by atoms with Crippen LogP contribution in [0.2, 0.25) is 0 Å². The van der Waals surface area contributed by atoms with Crippen molar-refractivity contribution in [3.63, 3.8) is 0 Å². The van der Waals surface area contributed by atoms with Gasteiger partial charge in [0.25, 0.3) is 0 Å². The molecular weight excluding hydrogens is 280 g/mol. The molecule has 0 bridgehead atoms. The van der Waals surface area contributed by atoms with E-state index in [2.05, 4.69) is 29.8 Å². The van der Waals surface area contributed by atoms with Gasteiger partial charge in [-0.3, -0.25) is 0 Å². The first-order valence-corrected chi connectivity index (χ1v) is 6.98. The quantitative estimate of drug-likeness (QED) is 0.848. The van der Waals surface area contributed by atoms with Gasteiger partial charge >= 0.3 is 0 Å². The van der Waals surface area contributed by atoms with Gasteiger partial charge in [0, 0.05) is 0 Å². The molecule has 2 nitrogen and oxygen atoms in total. The largest absolute Gasteiger partial charge is 0.493 e. The molecule has 3 heteroatoms. The molecule has 0 aliphatic heterocycles. The maximum Gasteiger partial charge on any atom is 0.133 e. The highest BCUT2D eigenvalue weighted by Crippen LogP contribution is 2.30. The Hall–Kier alpha value is -0.540. The van der Waals surface area contributed by atoms with Gasteiger partial charge in [-0.2, -0.15) is 0 Å². The van der Waals surface area contributed by atoms with Crippen molar-refractivity contribution in [1.82, 2.24) is 0 Å². The van der Waals surface area contributed by atoms with Gasteiger partial charge in [-0.25, -0.2) is 0 Å². The lowest BCUT2D eigenvalue weighted by molar-refractivity contribution is 0.146. The topological polar surface area (TPSA) is 29.5 Å². The van der Waals surface area contributed by atoms with E-state index >= 15 is 0 Å². The van der Waals surface area contributed by atoms with Crippen LogP contribution in [0.1, 0.15) is 45.3 Å². The summed E-state index contributed by atoms with van der Waals surface area (Å²) in [7, 11) is 0. The van der Waals surface area contributed by atoms with Crippen LogP contribution in [0.15, 0.2) is 22.7 Å². The van der Waals surface area contributed by atoms with E-state index in [0.717, 1.165) is 28.6 Å². The van der Waals surface area contributed by atoms with Crippen LogP contribution in [0.3, 0.4) is 0 Å². The molecule has 0 aliphatic rings. The zero-order chi connectivity index (χ0) is 12.8. The molecule has 2 atom stereocenters. The van der Waals surface area contributed by atoms with E-state index < -0.39 is 6.10 Å². The van der Waals surface area contributed by atoms with Crippen molar-refractivity contribution in [3.05, 3.63) is 28.2 Å². The molecule has 0 spiro atoms. The number of halogens is 1. The molecule has 1 N–H and O–H groups in total. The molecule has 17 heavy (non-hydrogen) atoms. The maximum atomic E-state index is 10.1. The number of hydrogen-bond donors (Lipinski definition) is 1. The highest BCUT2D eigenvalue weighted by atomic mass is 79.9. The monoisotopic (exact) mass is 300 g/mol. The fourth-order valence-corrected chi connectivity index (χ4v) is 2.19. The Morgan fingerprint density at radius 1 is 1.35 bits per heavy atom. The van der Waals surface area contributed by atoms with E-state index in [1.807, 2.05) is 25.1 Å². The van der Waals surface area contributed by atoms with Crippen molar-refractivity contribution >= 4 is 15.9 Å². The van der Waals surface area contributed by atoms with Crippen molar-refractivity contribution < 1.29 is 9.84 Å². The van der Waals surface area contributed by atoms with E-state index in [0.29, 0.717) is 12.5 Å². The average Bonchev–Trinajstić information content (AvgIpc) is 2.31. The standard InChI is InChI=1S/C14H21BrO2/c1-4-10(3)8-13(16)11-6-7-14(17-5-2)12(15)9-11/h6-7,9-10,13,16H,4-5,8H2,1-3H3. The van der Waals surface area contributed by atoms with Crippen molar-refractivity contribution in [1.29, 1.82) is 0 Å². The van der Waals surface area contributed by atoms with Crippen LogP contribution in [0.5, 0.6) is 5.75 Å². The Kier molecular flexibility index (Phi) is 6.00. The molecule has 0 fully saturated rings. The first-order valence-electron chi connectivity index (χ1n) is 6.18. The Bertz CT molecular complexity index is 352. The van der Waals surface area contributed by atoms with Crippen molar-refractivity contribution in [3.8, 4) is 5.75 Å². The molecule has 0 aromatic heterocycles. The zero-order valence-corrected chi connectivity index (χ0v) is 12.3. The van der Waals surface area contributed by atoms with Crippen LogP contribution in [0.4, 0.5) is 0 Å². The molecule has 0 heterocycles. The summed E-state index contributed by atoms with van der Waals surface area (Å²) in [4.78, 5) is 0. The molecule has 1 aromatic rings. The first kappa shape index (κ1) is 14.5. The predicted octanol–water partition coefficient (Wildman–Crippen LogP) is 4.32. The molecular formula is C14H21BrO2. The summed E-state index contributed by atoms with van der Waals surface area (Å²) in [6.45, 7) is 6.91. The van der Waals surface area contributed by atoms with Gasteiger partial charge in [0.1, 0.15) is 5.75 Å². The van der Waals surface area contributed by atoms with Crippen molar-refractivity contribution in [2.75, 3.05) is 6.61 Å². The van der Waals surface area contributed by atoms with Crippen molar-refractivity contribution in [2.45, 2.75) is 39.7 Å². The van der Waals surface area contributed by atoms with Crippen molar-refractivity contribution in [2.24, 2.45) is 5.92 Å². The Balaban J connectivity index is 2.75. The second-order valence-electron chi connectivity index (χ2n) is 4.39. The molecule has 0 amide bonds. The average molecular weight is 301 g/mol. The summed E-state index contributed by atoms with van der Waals surface area (Å²) in [5.41, 5.74) is 0.945. The fraction of sp³-hybridized carbons (Fsp3) is 0.571. The molecule has 96 valence electrons. The third-order valence-electron chi connectivity index (χ3n) is 2.96. The smallest absolute Gasteiger partial charge is 0.133 e. The SMILES string of the molecule is CCOc1ccc(C(O)CC(C)CC)cc1Br. The van der Waals surface area contributed by atoms with E-state index in [1.165, 1.54) is 0 Å². The molecule has 0 aliphatic carbocycles. The lowest BCUT2D eigenvalue weighted by Crippen LogP contribution is -2.04. The maximum absolute atomic E-state index is 10.1. The summed E-state index contributed by atoms with van der Waals surface area (Å²) in [5, 5.41) is 10.1. The lowest BCUT2D eigenvalue weighted by Gasteiger charge is -2.16. The Morgan fingerprint density at radius 3 is 2.59 bits per heavy atom. The molecule has 2 unspecified atom stereocenters. The van der Waals surface area contributed by atoms with E-state index in [-0.39, 0.29) is 0 Å². The summed E-state index contributed by atoms with van der Waals surface area (Å²) >= 11 is 3.46. The minimum atomic E-state index is -0.392. The minimum Gasteiger partial charge on any atom is -0.493 e. The number of benzene rings is 1. The van der Waals surface area contributed by atoms with Gasteiger partial charge in [-0.1, -0.05) is 26.3 Å². The normalized spacial score (nSPS) is 14.4. The Labute approximate surface area is 112 Å². The number of rotatable bonds is 6. The van der Waals surface area contributed by atoms with Crippen LogP contribution in [0.25, 0.3) is 0 Å². The van der Waals surface area contributed by atoms with E-state index in [4.69, 9.17) is 4.74 Å². The van der Waals surface area contributed by atoms with Gasteiger partial charge in [-0.15, -0.1) is 0 Å². The lowest BCUT2D eigenvalue weighted by atomic mass is 9.96. The predicted molar refractivity (Wildman–Crippen MR) is 74.3 cm³/mol. The van der Waals surface area contributed by atoms with Crippen LogP contribution < -0.4 is 4.74 Å². The van der Waals surface area contributed by atoms with Crippen LogP contribution in [-0.4, -0.2) is 11.7 Å². The minimum absolute atomic E-state index is 0.392. The summed E-state index contributed by atoms with van der Waals surface area (Å²) in [6.07, 6.45) is 1.50. The summed E-state index contributed by atoms with van der Waals surface area (Å²) in [5.74, 6) is 1.36. The fourth-order valence-electron chi connectivity index (χ4n) is 1.68. The summed E-state index contributed by atoms with van der Waals surface area (Å²) < 4.78 is 6.35. The third-order valence-corrected chi connectivity index (χ3v) is 3.58. The van der Waals surface area contributed by atoms with Gasteiger partial charge in [-0.05, 0) is 52.9 Å². The van der Waals surface area contributed by atoms with Gasteiger partial charge in [0.15, 0.2) is 0 Å². The molecule has 0 radical (unpaired) electrons. The number of aliphatic hydroxyl groups is 1. The highest BCUT2D eigenvalue weighted by Gasteiger charge is 2.13. The number of hydrogen-bond acceptors (Lipinski definition) is 2. The van der Waals surface area contributed by atoms with Gasteiger partial charge in [0.05, 0.1) is 17.2 Å².